The van der Waals surface area contributed by atoms with Gasteiger partial charge in [0.25, 0.3) is 0 Å². The molecule has 0 spiro atoms. The summed E-state index contributed by atoms with van der Waals surface area (Å²) in [5, 5.41) is 2.62. The van der Waals surface area contributed by atoms with E-state index in [0.29, 0.717) is 32.1 Å². The molecule has 1 N–H and O–H groups in total. The molecular weight excluding hydrogens is 260 g/mol. The van der Waals surface area contributed by atoms with Crippen molar-refractivity contribution in [2.24, 2.45) is 0 Å². The molecule has 7 heteroatoms. The van der Waals surface area contributed by atoms with E-state index in [4.69, 9.17) is 4.74 Å². The quantitative estimate of drug-likeness (QED) is 0.862. The van der Waals surface area contributed by atoms with Gasteiger partial charge in [-0.1, -0.05) is 6.07 Å². The summed E-state index contributed by atoms with van der Waals surface area (Å²) in [7, 11) is 0. The SMILES string of the molecule is O=C1NCCN1C(=O)N1CC[C@H](Oc2ccccn2)C1. The molecule has 0 bridgehead atoms. The number of nitrogens with zero attached hydrogens (tertiary/aromatic N) is 3. The minimum absolute atomic E-state index is 0.0699. The second-order valence-corrected chi connectivity index (χ2v) is 4.81. The lowest BCUT2D eigenvalue weighted by molar-refractivity contribution is 0.160. The predicted molar refractivity (Wildman–Crippen MR) is 70.3 cm³/mol. The van der Waals surface area contributed by atoms with E-state index in [1.54, 1.807) is 17.2 Å². The standard InChI is InChI=1S/C13H16N4O3/c18-12-15-6-8-17(12)13(19)16-7-4-10(9-16)20-11-3-1-2-5-14-11/h1-3,5,10H,4,6-9H2,(H,15,18)/t10-/m0/s1. The van der Waals surface area contributed by atoms with E-state index in [1.807, 2.05) is 12.1 Å². The van der Waals surface area contributed by atoms with E-state index in [0.717, 1.165) is 6.42 Å². The topological polar surface area (TPSA) is 74.8 Å². The first kappa shape index (κ1) is 12.7. The van der Waals surface area contributed by atoms with Crippen molar-refractivity contribution in [2.45, 2.75) is 12.5 Å². The number of urea groups is 2. The van der Waals surface area contributed by atoms with E-state index in [-0.39, 0.29) is 18.2 Å². The summed E-state index contributed by atoms with van der Waals surface area (Å²) in [6, 6.07) is 4.91. The Balaban J connectivity index is 1.57. The Kier molecular flexibility index (Phi) is 3.41. The number of carbonyl (C=O) groups excluding carboxylic acids is 2. The van der Waals surface area contributed by atoms with Crippen LogP contribution in [0.15, 0.2) is 24.4 Å². The molecule has 3 heterocycles. The third kappa shape index (κ3) is 2.52. The summed E-state index contributed by atoms with van der Waals surface area (Å²) < 4.78 is 5.72. The highest BCUT2D eigenvalue weighted by Crippen LogP contribution is 2.18. The summed E-state index contributed by atoms with van der Waals surface area (Å²) in [5.41, 5.74) is 0. The average Bonchev–Trinajstić information content (AvgIpc) is 3.08. The lowest BCUT2D eigenvalue weighted by atomic mass is 10.3. The number of carbonyl (C=O) groups is 2. The van der Waals surface area contributed by atoms with Crippen LogP contribution in [0.1, 0.15) is 6.42 Å². The van der Waals surface area contributed by atoms with Crippen molar-refractivity contribution in [3.63, 3.8) is 0 Å². The Bertz CT molecular complexity index is 508. The Hall–Kier alpha value is -2.31. The van der Waals surface area contributed by atoms with E-state index in [1.165, 1.54) is 4.90 Å². The van der Waals surface area contributed by atoms with Crippen LogP contribution < -0.4 is 10.1 Å². The number of rotatable bonds is 2. The molecule has 20 heavy (non-hydrogen) atoms. The van der Waals surface area contributed by atoms with Crippen molar-refractivity contribution in [1.29, 1.82) is 0 Å². The largest absolute Gasteiger partial charge is 0.472 e. The van der Waals surface area contributed by atoms with Gasteiger partial charge in [-0.15, -0.1) is 0 Å². The molecule has 0 radical (unpaired) electrons. The Morgan fingerprint density at radius 3 is 3.00 bits per heavy atom. The van der Waals surface area contributed by atoms with Crippen molar-refractivity contribution >= 4 is 12.1 Å². The number of amides is 4. The molecule has 106 valence electrons. The van der Waals surface area contributed by atoms with Crippen molar-refractivity contribution in [2.75, 3.05) is 26.2 Å². The predicted octanol–water partition coefficient (Wildman–Crippen LogP) is 0.680. The van der Waals surface area contributed by atoms with Gasteiger partial charge in [0.1, 0.15) is 6.10 Å². The van der Waals surface area contributed by atoms with E-state index < -0.39 is 0 Å². The van der Waals surface area contributed by atoms with Gasteiger partial charge < -0.3 is 15.0 Å². The second kappa shape index (κ2) is 5.36. The number of likely N-dealkylation sites (tertiary alicyclic amines) is 1. The van der Waals surface area contributed by atoms with E-state index in [2.05, 4.69) is 10.3 Å². The summed E-state index contributed by atoms with van der Waals surface area (Å²) in [4.78, 5) is 30.6. The van der Waals surface area contributed by atoms with Crippen molar-refractivity contribution in [3.05, 3.63) is 24.4 Å². The van der Waals surface area contributed by atoms with E-state index >= 15 is 0 Å². The van der Waals surface area contributed by atoms with E-state index in [9.17, 15) is 9.59 Å². The molecule has 3 rings (SSSR count). The molecule has 0 aliphatic carbocycles. The number of hydrogen-bond acceptors (Lipinski definition) is 4. The molecular formula is C13H16N4O3. The summed E-state index contributed by atoms with van der Waals surface area (Å²) >= 11 is 0. The molecule has 2 saturated heterocycles. The van der Waals surface area contributed by atoms with Crippen LogP contribution in [0, 0.1) is 0 Å². The van der Waals surface area contributed by atoms with Crippen molar-refractivity contribution < 1.29 is 14.3 Å². The molecule has 0 aromatic carbocycles. The van der Waals surface area contributed by atoms with Crippen LogP contribution in [0.5, 0.6) is 5.88 Å². The third-order valence-corrected chi connectivity index (χ3v) is 3.43. The fourth-order valence-electron chi connectivity index (χ4n) is 2.41. The highest BCUT2D eigenvalue weighted by Gasteiger charge is 2.34. The maximum Gasteiger partial charge on any atom is 0.328 e. The van der Waals surface area contributed by atoms with Crippen LogP contribution in [0.3, 0.4) is 0 Å². The summed E-state index contributed by atoms with van der Waals surface area (Å²) in [5.74, 6) is 0.561. The minimum atomic E-state index is -0.316. The fourth-order valence-corrected chi connectivity index (χ4v) is 2.41. The zero-order chi connectivity index (χ0) is 13.9. The van der Waals surface area contributed by atoms with Crippen LogP contribution in [-0.2, 0) is 0 Å². The number of hydrogen-bond donors (Lipinski definition) is 1. The lowest BCUT2D eigenvalue weighted by Crippen LogP contribution is -2.44. The van der Waals surface area contributed by atoms with Crippen LogP contribution in [-0.4, -0.2) is 59.1 Å². The normalized spacial score (nSPS) is 22.0. The molecule has 2 aliphatic heterocycles. The zero-order valence-corrected chi connectivity index (χ0v) is 11.0. The fraction of sp³-hybridized carbons (Fsp3) is 0.462. The number of imide groups is 1. The first-order valence-electron chi connectivity index (χ1n) is 6.66. The van der Waals surface area contributed by atoms with Gasteiger partial charge in [0.2, 0.25) is 5.88 Å². The molecule has 1 aromatic heterocycles. The zero-order valence-electron chi connectivity index (χ0n) is 11.0. The van der Waals surface area contributed by atoms with Crippen LogP contribution in [0.25, 0.3) is 0 Å². The van der Waals surface area contributed by atoms with Crippen molar-refractivity contribution in [1.82, 2.24) is 20.1 Å². The van der Waals surface area contributed by atoms with Gasteiger partial charge in [-0.05, 0) is 6.07 Å². The third-order valence-electron chi connectivity index (χ3n) is 3.43. The number of ether oxygens (including phenoxy) is 1. The molecule has 2 aliphatic rings. The highest BCUT2D eigenvalue weighted by atomic mass is 16.5. The van der Waals surface area contributed by atoms with Gasteiger partial charge in [0.15, 0.2) is 0 Å². The molecule has 1 aromatic rings. The molecule has 4 amide bonds. The lowest BCUT2D eigenvalue weighted by Gasteiger charge is -2.21. The highest BCUT2D eigenvalue weighted by molar-refractivity contribution is 5.95. The summed E-state index contributed by atoms with van der Waals surface area (Å²) in [6.45, 7) is 2.03. The van der Waals surface area contributed by atoms with Gasteiger partial charge in [-0.3, -0.25) is 0 Å². The van der Waals surface area contributed by atoms with Crippen LogP contribution >= 0.6 is 0 Å². The first-order chi connectivity index (χ1) is 9.74. The van der Waals surface area contributed by atoms with Gasteiger partial charge >= 0.3 is 12.1 Å². The van der Waals surface area contributed by atoms with Crippen molar-refractivity contribution in [3.8, 4) is 5.88 Å². The Labute approximate surface area is 116 Å². The van der Waals surface area contributed by atoms with Gasteiger partial charge in [0.05, 0.1) is 6.54 Å². The van der Waals surface area contributed by atoms with Crippen LogP contribution in [0.2, 0.25) is 0 Å². The van der Waals surface area contributed by atoms with Gasteiger partial charge in [-0.2, -0.15) is 0 Å². The van der Waals surface area contributed by atoms with Gasteiger partial charge in [0, 0.05) is 38.3 Å². The maximum absolute atomic E-state index is 12.2. The van der Waals surface area contributed by atoms with Crippen LogP contribution in [0.4, 0.5) is 9.59 Å². The molecule has 2 fully saturated rings. The molecule has 0 unspecified atom stereocenters. The number of pyridine rings is 1. The number of nitrogens with one attached hydrogen (secondary N) is 1. The Morgan fingerprint density at radius 1 is 1.40 bits per heavy atom. The Morgan fingerprint density at radius 2 is 2.30 bits per heavy atom. The average molecular weight is 276 g/mol. The van der Waals surface area contributed by atoms with Gasteiger partial charge in [-0.25, -0.2) is 19.5 Å². The minimum Gasteiger partial charge on any atom is -0.472 e. The monoisotopic (exact) mass is 276 g/mol. The maximum atomic E-state index is 12.2. The molecule has 0 saturated carbocycles. The molecule has 7 nitrogen and oxygen atoms in total. The second-order valence-electron chi connectivity index (χ2n) is 4.81. The molecule has 1 atom stereocenters. The first-order valence-corrected chi connectivity index (χ1v) is 6.66. The number of aromatic nitrogens is 1. The summed E-state index contributed by atoms with van der Waals surface area (Å²) in [6.07, 6.45) is 2.35. The smallest absolute Gasteiger partial charge is 0.328 e.